The first kappa shape index (κ1) is 51.8. The van der Waals surface area contributed by atoms with Crippen molar-refractivity contribution in [3.63, 3.8) is 0 Å². The molecule has 2 aliphatic heterocycles. The molecule has 1 aromatic heterocycles. The Kier molecular flexibility index (Phi) is 19.7. The van der Waals surface area contributed by atoms with E-state index in [9.17, 15) is 38.4 Å². The van der Waals surface area contributed by atoms with Gasteiger partial charge in [0.2, 0.25) is 35.8 Å². The van der Waals surface area contributed by atoms with Gasteiger partial charge in [-0.2, -0.15) is 5.26 Å². The summed E-state index contributed by atoms with van der Waals surface area (Å²) >= 11 is 0. The Morgan fingerprint density at radius 1 is 0.768 bits per heavy atom. The average molecular weight is 947 g/mol. The van der Waals surface area contributed by atoms with E-state index in [0.717, 1.165) is 4.90 Å². The quantitative estimate of drug-likeness (QED) is 0.0294. The molecule has 5 rings (SSSR count). The van der Waals surface area contributed by atoms with Crippen LogP contribution in [-0.2, 0) is 40.1 Å². The molecule has 2 aromatic carbocycles. The number of hydrogen-bond donors (Lipinski definition) is 6. The number of nitriles is 1. The number of nitrogens with zero attached hydrogens (tertiary/aromatic N) is 6. The number of rotatable bonds is 21. The first-order valence-electron chi connectivity index (χ1n) is 22.7. The molecular weight excluding hydrogens is 889 g/mol. The predicted octanol–water partition coefficient (Wildman–Crippen LogP) is 3.50. The van der Waals surface area contributed by atoms with E-state index < -0.39 is 30.0 Å². The van der Waals surface area contributed by atoms with Gasteiger partial charge in [-0.05, 0) is 80.1 Å². The van der Waals surface area contributed by atoms with Crippen LogP contribution < -0.4 is 31.9 Å². The van der Waals surface area contributed by atoms with E-state index in [-0.39, 0.29) is 67.4 Å². The normalized spacial score (nSPS) is 14.4. The molecular formula is C48H58N12O9. The molecule has 0 unspecified atom stereocenters. The van der Waals surface area contributed by atoms with E-state index >= 15 is 0 Å². The Balaban J connectivity index is 0.969. The summed E-state index contributed by atoms with van der Waals surface area (Å²) in [6.45, 7) is 7.10. The molecule has 8 amide bonds. The van der Waals surface area contributed by atoms with Gasteiger partial charge in [-0.3, -0.25) is 48.8 Å². The Morgan fingerprint density at radius 2 is 1.48 bits per heavy atom. The predicted molar refractivity (Wildman–Crippen MR) is 255 cm³/mol. The lowest BCUT2D eigenvalue weighted by molar-refractivity contribution is -0.137. The monoisotopic (exact) mass is 946 g/mol. The van der Waals surface area contributed by atoms with Gasteiger partial charge in [0.25, 0.3) is 17.7 Å². The fourth-order valence-corrected chi connectivity index (χ4v) is 7.18. The van der Waals surface area contributed by atoms with Gasteiger partial charge in [0, 0.05) is 87.4 Å². The summed E-state index contributed by atoms with van der Waals surface area (Å²) in [6.07, 6.45) is 9.27. The number of piperazine rings is 1. The van der Waals surface area contributed by atoms with Gasteiger partial charge in [-0.25, -0.2) is 4.79 Å². The van der Waals surface area contributed by atoms with E-state index in [1.165, 1.54) is 19.1 Å². The second-order valence-corrected chi connectivity index (χ2v) is 16.6. The van der Waals surface area contributed by atoms with Gasteiger partial charge in [0.05, 0.1) is 11.9 Å². The third kappa shape index (κ3) is 16.6. The maximum absolute atomic E-state index is 13.4. The number of hydrogen-bond acceptors (Lipinski definition) is 12. The highest BCUT2D eigenvalue weighted by atomic mass is 16.5. The molecule has 69 heavy (non-hydrogen) atoms. The zero-order valence-electron chi connectivity index (χ0n) is 38.9. The van der Waals surface area contributed by atoms with Crippen molar-refractivity contribution in [1.29, 1.82) is 5.26 Å². The number of anilines is 3. The Labute approximate surface area is 400 Å². The zero-order valence-corrected chi connectivity index (χ0v) is 38.9. The maximum Gasteiger partial charge on any atom is 0.411 e. The number of amides is 8. The lowest BCUT2D eigenvalue weighted by atomic mass is 10.0. The smallest absolute Gasteiger partial charge is 0.411 e. The molecule has 1 saturated heterocycles. The van der Waals surface area contributed by atoms with Crippen molar-refractivity contribution in [3.05, 3.63) is 96.3 Å². The van der Waals surface area contributed by atoms with Crippen molar-refractivity contribution in [2.75, 3.05) is 55.2 Å². The van der Waals surface area contributed by atoms with E-state index in [4.69, 9.17) is 10.00 Å². The van der Waals surface area contributed by atoms with Crippen molar-refractivity contribution >= 4 is 70.5 Å². The number of pyridine rings is 1. The third-order valence-electron chi connectivity index (χ3n) is 11.0. The molecule has 0 radical (unpaired) electrons. The summed E-state index contributed by atoms with van der Waals surface area (Å²) in [5, 5.41) is 25.8. The molecule has 0 bridgehead atoms. The fraction of sp³-hybridized carbons (Fsp3) is 0.396. The van der Waals surface area contributed by atoms with Gasteiger partial charge < -0.3 is 41.1 Å². The molecule has 3 aromatic rings. The van der Waals surface area contributed by atoms with Crippen LogP contribution in [0.4, 0.5) is 21.9 Å². The second-order valence-electron chi connectivity index (χ2n) is 16.6. The number of nitrogens with one attached hydrogen (secondary N) is 6. The lowest BCUT2D eigenvalue weighted by Gasteiger charge is -2.35. The summed E-state index contributed by atoms with van der Waals surface area (Å²) in [5.41, 5.74) is 2.43. The van der Waals surface area contributed by atoms with Gasteiger partial charge in [0.15, 0.2) is 0 Å². The van der Waals surface area contributed by atoms with Crippen LogP contribution in [-0.4, -0.2) is 124 Å². The number of benzene rings is 2. The fourth-order valence-electron chi connectivity index (χ4n) is 7.18. The van der Waals surface area contributed by atoms with Gasteiger partial charge >= 0.3 is 6.09 Å². The van der Waals surface area contributed by atoms with Gasteiger partial charge in [-0.15, -0.1) is 4.99 Å². The van der Waals surface area contributed by atoms with E-state index in [2.05, 4.69) is 41.9 Å². The molecule has 2 atom stereocenters. The Bertz CT molecular complexity index is 2390. The first-order valence-corrected chi connectivity index (χ1v) is 22.7. The standard InChI is InChI=1S/C48H58N12O9/c1-32(2)43(57-39(61)13-5-4-6-23-60-41(63)19-20-42(60)64)45(66)53-33(3)44(65)54-36-17-15-34(16-18-36)30-69-48(68)56-37-11-7-10-35(28-37)46(67)59-26-24-58(25-27-59)40(62)14-9-22-51-47(52-31-49)55-38-12-8-21-50-29-38/h7-8,10-12,15-21,28-29,32-33,43H,4-6,9,13-14,22-27,30H2,1-3H3,(H,53,66)(H,54,65)(H,56,68)(H,57,61)(H2,51,52,55)/t33-,43-/m0/s1. The number of carbonyl (C=O) groups excluding carboxylic acids is 8. The third-order valence-corrected chi connectivity index (χ3v) is 11.0. The number of aromatic nitrogens is 1. The van der Waals surface area contributed by atoms with Crippen molar-refractivity contribution < 1.29 is 43.1 Å². The van der Waals surface area contributed by atoms with Crippen molar-refractivity contribution in [3.8, 4) is 6.19 Å². The minimum atomic E-state index is -0.942. The molecule has 21 heteroatoms. The molecule has 21 nitrogen and oxygen atoms in total. The summed E-state index contributed by atoms with van der Waals surface area (Å²) < 4.78 is 5.39. The lowest BCUT2D eigenvalue weighted by Crippen LogP contribution is -2.53. The van der Waals surface area contributed by atoms with Gasteiger partial charge in [-0.1, -0.05) is 38.5 Å². The number of guanidine groups is 1. The first-order chi connectivity index (χ1) is 33.2. The highest BCUT2D eigenvalue weighted by molar-refractivity contribution is 6.12. The number of unbranched alkanes of at least 4 members (excludes halogenated alkanes) is 2. The summed E-state index contributed by atoms with van der Waals surface area (Å²) in [4.78, 5) is 113. The average Bonchev–Trinajstić information content (AvgIpc) is 3.66. The minimum absolute atomic E-state index is 0.0427. The summed E-state index contributed by atoms with van der Waals surface area (Å²) in [6, 6.07) is 14.7. The molecule has 1 fully saturated rings. The number of ether oxygens (including phenoxy) is 1. The molecule has 0 spiro atoms. The van der Waals surface area contributed by atoms with Crippen molar-refractivity contribution in [1.82, 2.24) is 35.6 Å². The largest absolute Gasteiger partial charge is 0.444 e. The number of carbonyl (C=O) groups is 8. The topological polar surface area (TPSA) is 277 Å². The van der Waals surface area contributed by atoms with Crippen LogP contribution in [0.2, 0.25) is 0 Å². The Hall–Kier alpha value is -8.15. The Morgan fingerprint density at radius 3 is 2.16 bits per heavy atom. The van der Waals surface area contributed by atoms with Crippen LogP contribution in [0.1, 0.15) is 75.2 Å². The van der Waals surface area contributed by atoms with Crippen LogP contribution in [0.15, 0.2) is 90.2 Å². The molecule has 2 aliphatic rings. The zero-order chi connectivity index (χ0) is 49.7. The van der Waals surface area contributed by atoms with Crippen LogP contribution in [0.3, 0.4) is 0 Å². The molecule has 364 valence electrons. The van der Waals surface area contributed by atoms with E-state index in [1.807, 2.05) is 0 Å². The van der Waals surface area contributed by atoms with E-state index in [1.54, 1.807) is 103 Å². The maximum atomic E-state index is 13.4. The van der Waals surface area contributed by atoms with Crippen molar-refractivity contribution in [2.45, 2.75) is 78.0 Å². The van der Waals surface area contributed by atoms with Crippen LogP contribution in [0, 0.1) is 17.4 Å². The summed E-state index contributed by atoms with van der Waals surface area (Å²) in [5.74, 6) is -2.32. The van der Waals surface area contributed by atoms with E-state index in [0.29, 0.717) is 86.6 Å². The molecule has 3 heterocycles. The minimum Gasteiger partial charge on any atom is -0.444 e. The molecule has 6 N–H and O–H groups in total. The molecule has 0 saturated carbocycles. The highest BCUT2D eigenvalue weighted by Gasteiger charge is 2.28. The molecule has 0 aliphatic carbocycles. The number of aliphatic imine (C=N–C) groups is 1. The highest BCUT2D eigenvalue weighted by Crippen LogP contribution is 2.17. The van der Waals surface area contributed by atoms with Crippen molar-refractivity contribution in [2.24, 2.45) is 10.9 Å². The number of imide groups is 1. The SMILES string of the molecule is CC(C)[C@H](NC(=O)CCCCCN1C(=O)C=CC1=O)C(=O)N[C@@H](C)C(=O)Nc1ccc(COC(=O)Nc2cccc(C(=O)N3CCN(C(=O)CCCN/C(=N\C#N)Nc4cccnc4)CC3)c2)cc1. The van der Waals surface area contributed by atoms with Gasteiger partial charge in [0.1, 0.15) is 18.7 Å². The van der Waals surface area contributed by atoms with Crippen LogP contribution in [0.5, 0.6) is 0 Å². The summed E-state index contributed by atoms with van der Waals surface area (Å²) in [7, 11) is 0. The second kappa shape index (κ2) is 26.3. The van der Waals surface area contributed by atoms with Crippen LogP contribution >= 0.6 is 0 Å². The van der Waals surface area contributed by atoms with Crippen LogP contribution in [0.25, 0.3) is 0 Å².